The Hall–Kier alpha value is -2.24. The zero-order chi connectivity index (χ0) is 15.8. The highest BCUT2D eigenvalue weighted by atomic mass is 16.5. The third-order valence-electron chi connectivity index (χ3n) is 3.07. The number of carboxylic acid groups (broad SMARTS) is 1. The van der Waals surface area contributed by atoms with Crippen molar-refractivity contribution in [2.75, 3.05) is 20.7 Å². The molecule has 1 aromatic rings. The van der Waals surface area contributed by atoms with Crippen LogP contribution in [0.25, 0.3) is 0 Å². The number of hydrogen-bond donors (Lipinski definition) is 2. The van der Waals surface area contributed by atoms with Crippen LogP contribution in [0, 0.1) is 5.92 Å². The number of ether oxygens (including phenoxy) is 1. The van der Waals surface area contributed by atoms with Crippen LogP contribution in [-0.4, -0.2) is 42.7 Å². The van der Waals surface area contributed by atoms with E-state index in [1.54, 1.807) is 21.1 Å². The van der Waals surface area contributed by atoms with Gasteiger partial charge >= 0.3 is 12.0 Å². The maximum atomic E-state index is 12.0. The number of aliphatic carboxylic acids is 1. The van der Waals surface area contributed by atoms with Gasteiger partial charge in [-0.05, 0) is 12.0 Å². The van der Waals surface area contributed by atoms with E-state index in [1.807, 2.05) is 24.3 Å². The molecule has 0 saturated carbocycles. The molecule has 0 heterocycles. The first-order valence-corrected chi connectivity index (χ1v) is 6.76. The molecule has 2 N–H and O–H groups in total. The number of carbonyl (C=O) groups is 2. The molecule has 6 heteroatoms. The molecular weight excluding hydrogens is 272 g/mol. The number of nitrogens with zero attached hydrogens (tertiary/aromatic N) is 1. The molecule has 0 radical (unpaired) electrons. The van der Waals surface area contributed by atoms with Crippen LogP contribution in [0.2, 0.25) is 0 Å². The highest BCUT2D eigenvalue weighted by Crippen LogP contribution is 2.18. The lowest BCUT2D eigenvalue weighted by molar-refractivity contribution is -0.137. The van der Waals surface area contributed by atoms with E-state index in [9.17, 15) is 9.59 Å². The van der Waals surface area contributed by atoms with Gasteiger partial charge in [-0.3, -0.25) is 4.79 Å². The lowest BCUT2D eigenvalue weighted by Gasteiger charge is -2.20. The Morgan fingerprint density at radius 1 is 1.38 bits per heavy atom. The quantitative estimate of drug-likeness (QED) is 0.805. The Labute approximate surface area is 124 Å². The molecule has 6 nitrogen and oxygen atoms in total. The third kappa shape index (κ3) is 5.72. The summed E-state index contributed by atoms with van der Waals surface area (Å²) in [5.41, 5.74) is 0.913. The van der Waals surface area contributed by atoms with Gasteiger partial charge in [-0.25, -0.2) is 4.79 Å². The zero-order valence-electron chi connectivity index (χ0n) is 12.6. The first-order chi connectivity index (χ1) is 9.93. The molecule has 0 aliphatic heterocycles. The second-order valence-electron chi connectivity index (χ2n) is 5.06. The van der Waals surface area contributed by atoms with Crippen LogP contribution in [0.15, 0.2) is 24.3 Å². The first-order valence-electron chi connectivity index (χ1n) is 6.76. The van der Waals surface area contributed by atoms with E-state index in [2.05, 4.69) is 5.32 Å². The monoisotopic (exact) mass is 294 g/mol. The van der Waals surface area contributed by atoms with Crippen LogP contribution in [0.1, 0.15) is 18.9 Å². The second-order valence-corrected chi connectivity index (χ2v) is 5.06. The molecule has 0 saturated heterocycles. The highest BCUT2D eigenvalue weighted by molar-refractivity contribution is 5.74. The fraction of sp³-hybridized carbons (Fsp3) is 0.467. The van der Waals surface area contributed by atoms with E-state index in [0.29, 0.717) is 13.1 Å². The number of para-hydroxylation sites is 1. The van der Waals surface area contributed by atoms with E-state index in [0.717, 1.165) is 11.3 Å². The Kier molecular flexibility index (Phi) is 6.52. The summed E-state index contributed by atoms with van der Waals surface area (Å²) in [7, 11) is 3.27. The van der Waals surface area contributed by atoms with Gasteiger partial charge in [0.15, 0.2) is 0 Å². The average Bonchev–Trinajstić information content (AvgIpc) is 2.44. The van der Waals surface area contributed by atoms with E-state index < -0.39 is 5.97 Å². The van der Waals surface area contributed by atoms with E-state index in [1.165, 1.54) is 4.90 Å². The maximum absolute atomic E-state index is 12.0. The normalized spacial score (nSPS) is 11.6. The van der Waals surface area contributed by atoms with Crippen molar-refractivity contribution >= 4 is 12.0 Å². The summed E-state index contributed by atoms with van der Waals surface area (Å²) in [6.07, 6.45) is 0.0382. The molecule has 0 aliphatic rings. The molecule has 0 aliphatic carbocycles. The van der Waals surface area contributed by atoms with Crippen molar-refractivity contribution in [3.63, 3.8) is 0 Å². The Morgan fingerprint density at radius 2 is 2.05 bits per heavy atom. The Bertz CT molecular complexity index is 490. The number of methoxy groups -OCH3 is 1. The molecule has 1 aromatic carbocycles. The van der Waals surface area contributed by atoms with Gasteiger partial charge in [-0.15, -0.1) is 0 Å². The van der Waals surface area contributed by atoms with E-state index >= 15 is 0 Å². The summed E-state index contributed by atoms with van der Waals surface area (Å²) in [6, 6.07) is 7.26. The van der Waals surface area contributed by atoms with Gasteiger partial charge in [0, 0.05) is 25.6 Å². The highest BCUT2D eigenvalue weighted by Gasteiger charge is 2.13. The molecule has 0 aromatic heterocycles. The van der Waals surface area contributed by atoms with Crippen LogP contribution in [0.3, 0.4) is 0 Å². The van der Waals surface area contributed by atoms with Crippen LogP contribution in [0.5, 0.6) is 5.75 Å². The van der Waals surface area contributed by atoms with Gasteiger partial charge in [-0.2, -0.15) is 0 Å². The van der Waals surface area contributed by atoms with Gasteiger partial charge in [0.1, 0.15) is 5.75 Å². The summed E-state index contributed by atoms with van der Waals surface area (Å²) < 4.78 is 5.24. The predicted octanol–water partition coefficient (Wildman–Crippen LogP) is 1.95. The molecule has 0 spiro atoms. The second kappa shape index (κ2) is 8.14. The standard InChI is InChI=1S/C15H22N2O4/c1-11(8-14(18)19)9-16-15(20)17(2)10-12-6-4-5-7-13(12)21-3/h4-7,11H,8-10H2,1-3H3,(H,16,20)(H,18,19). The third-order valence-corrected chi connectivity index (χ3v) is 3.07. The number of rotatable bonds is 7. The SMILES string of the molecule is COc1ccccc1CN(C)C(=O)NCC(C)CC(=O)O. The summed E-state index contributed by atoms with van der Waals surface area (Å²) in [5.74, 6) is -0.235. The van der Waals surface area contributed by atoms with Crippen LogP contribution >= 0.6 is 0 Å². The lowest BCUT2D eigenvalue weighted by atomic mass is 10.1. The van der Waals surface area contributed by atoms with Crippen molar-refractivity contribution in [3.05, 3.63) is 29.8 Å². The van der Waals surface area contributed by atoms with Crippen LogP contribution in [-0.2, 0) is 11.3 Å². The van der Waals surface area contributed by atoms with Crippen LogP contribution in [0.4, 0.5) is 4.79 Å². The summed E-state index contributed by atoms with van der Waals surface area (Å²) in [5, 5.41) is 11.4. The van der Waals surface area contributed by atoms with Gasteiger partial charge in [0.25, 0.3) is 0 Å². The molecule has 0 bridgehead atoms. The lowest BCUT2D eigenvalue weighted by Crippen LogP contribution is -2.39. The first kappa shape index (κ1) is 16.8. The van der Waals surface area contributed by atoms with Crippen molar-refractivity contribution in [1.82, 2.24) is 10.2 Å². The molecule has 1 rings (SSSR count). The number of benzene rings is 1. The molecule has 0 fully saturated rings. The number of amides is 2. The summed E-state index contributed by atoms with van der Waals surface area (Å²) >= 11 is 0. The molecule has 116 valence electrons. The van der Waals surface area contributed by atoms with Crippen molar-refractivity contribution in [1.29, 1.82) is 0 Å². The predicted molar refractivity (Wildman–Crippen MR) is 79.3 cm³/mol. The molecule has 21 heavy (non-hydrogen) atoms. The van der Waals surface area contributed by atoms with Gasteiger partial charge in [-0.1, -0.05) is 25.1 Å². The van der Waals surface area contributed by atoms with Crippen molar-refractivity contribution < 1.29 is 19.4 Å². The number of carbonyl (C=O) groups excluding carboxylic acids is 1. The van der Waals surface area contributed by atoms with Gasteiger partial charge < -0.3 is 20.1 Å². The van der Waals surface area contributed by atoms with E-state index in [-0.39, 0.29) is 18.4 Å². The van der Waals surface area contributed by atoms with Gasteiger partial charge in [0.2, 0.25) is 0 Å². The smallest absolute Gasteiger partial charge is 0.317 e. The fourth-order valence-corrected chi connectivity index (χ4v) is 1.93. The fourth-order valence-electron chi connectivity index (χ4n) is 1.93. The topological polar surface area (TPSA) is 78.9 Å². The Balaban J connectivity index is 2.49. The van der Waals surface area contributed by atoms with Gasteiger partial charge in [0.05, 0.1) is 13.7 Å². The minimum absolute atomic E-state index is 0.0382. The van der Waals surface area contributed by atoms with E-state index in [4.69, 9.17) is 9.84 Å². The maximum Gasteiger partial charge on any atom is 0.317 e. The van der Waals surface area contributed by atoms with Crippen LogP contribution < -0.4 is 10.1 Å². The molecule has 1 unspecified atom stereocenters. The Morgan fingerprint density at radius 3 is 2.67 bits per heavy atom. The number of nitrogens with one attached hydrogen (secondary N) is 1. The number of urea groups is 1. The largest absolute Gasteiger partial charge is 0.496 e. The number of hydrogen-bond acceptors (Lipinski definition) is 3. The molecular formula is C15H22N2O4. The minimum atomic E-state index is -0.862. The summed E-state index contributed by atoms with van der Waals surface area (Å²) in [6.45, 7) is 2.54. The van der Waals surface area contributed by atoms with Crippen molar-refractivity contribution in [2.45, 2.75) is 19.9 Å². The average molecular weight is 294 g/mol. The molecule has 1 atom stereocenters. The van der Waals surface area contributed by atoms with Crippen molar-refractivity contribution in [2.24, 2.45) is 5.92 Å². The van der Waals surface area contributed by atoms with Crippen molar-refractivity contribution in [3.8, 4) is 5.75 Å². The minimum Gasteiger partial charge on any atom is -0.496 e. The number of carboxylic acids is 1. The molecule has 2 amide bonds. The summed E-state index contributed by atoms with van der Waals surface area (Å²) in [4.78, 5) is 24.1. The zero-order valence-corrected chi connectivity index (χ0v) is 12.6.